The van der Waals surface area contributed by atoms with Crippen molar-refractivity contribution in [2.45, 2.75) is 37.5 Å². The Balaban J connectivity index is 2.27. The summed E-state index contributed by atoms with van der Waals surface area (Å²) < 4.78 is 7.36. The largest absolute Gasteiger partial charge is 0.464 e. The summed E-state index contributed by atoms with van der Waals surface area (Å²) >= 11 is 0.823. The fourth-order valence-electron chi connectivity index (χ4n) is 3.10. The molecule has 1 aliphatic heterocycles. The van der Waals surface area contributed by atoms with Crippen LogP contribution in [0.2, 0.25) is 0 Å². The van der Waals surface area contributed by atoms with E-state index in [-0.39, 0.29) is 6.61 Å². The van der Waals surface area contributed by atoms with Gasteiger partial charge in [0.1, 0.15) is 6.04 Å². The van der Waals surface area contributed by atoms with Gasteiger partial charge in [-0.3, -0.25) is 9.78 Å². The molecular weight excluding hydrogens is 356 g/mol. The van der Waals surface area contributed by atoms with Gasteiger partial charge in [-0.25, -0.2) is 4.79 Å². The maximum Gasteiger partial charge on any atom is 0.330 e. The Morgan fingerprint density at radius 1 is 1.42 bits per heavy atom. The summed E-state index contributed by atoms with van der Waals surface area (Å²) in [6.07, 6.45) is 4.09. The number of ether oxygens (including phenoxy) is 1. The Morgan fingerprint density at radius 2 is 2.15 bits per heavy atom. The Bertz CT molecular complexity index is 620. The number of esters is 1. The number of piperidine rings is 1. The van der Waals surface area contributed by atoms with Crippen LogP contribution in [0.25, 0.3) is 0 Å². The van der Waals surface area contributed by atoms with Crippen LogP contribution in [0.5, 0.6) is 0 Å². The minimum Gasteiger partial charge on any atom is -0.464 e. The number of aromatic nitrogens is 1. The number of nitrogens with zero attached hydrogens (tertiary/aromatic N) is 3. The normalized spacial score (nSPS) is 17.9. The lowest BCUT2D eigenvalue weighted by Crippen LogP contribution is -2.59. The molecule has 1 aromatic heterocycles. The quantitative estimate of drug-likeness (QED) is 0.418. The van der Waals surface area contributed by atoms with Gasteiger partial charge in [0.2, 0.25) is 0 Å². The number of nitroso groups, excluding NO2 is 1. The Morgan fingerprint density at radius 3 is 2.69 bits per heavy atom. The molecule has 2 rings (SSSR count). The van der Waals surface area contributed by atoms with Crippen LogP contribution in [-0.4, -0.2) is 58.8 Å². The fourth-order valence-corrected chi connectivity index (χ4v) is 3.87. The minimum absolute atomic E-state index is 0.189. The second-order valence-electron chi connectivity index (χ2n) is 6.07. The van der Waals surface area contributed by atoms with Crippen molar-refractivity contribution in [3.63, 3.8) is 0 Å². The van der Waals surface area contributed by atoms with E-state index >= 15 is 0 Å². The van der Waals surface area contributed by atoms with E-state index in [0.29, 0.717) is 18.4 Å². The van der Waals surface area contributed by atoms with Crippen LogP contribution >= 0.6 is 11.9 Å². The van der Waals surface area contributed by atoms with Gasteiger partial charge in [0.25, 0.3) is 5.91 Å². The summed E-state index contributed by atoms with van der Waals surface area (Å²) in [4.78, 5) is 42.5. The maximum atomic E-state index is 12.6. The van der Waals surface area contributed by atoms with Crippen molar-refractivity contribution >= 4 is 23.8 Å². The number of hydrogen-bond acceptors (Lipinski definition) is 8. The molecule has 26 heavy (non-hydrogen) atoms. The third-order valence-corrected chi connectivity index (χ3v) is 5.70. The van der Waals surface area contributed by atoms with E-state index in [1.54, 1.807) is 25.3 Å². The predicted molar refractivity (Wildman–Crippen MR) is 99.6 cm³/mol. The molecule has 2 heterocycles. The van der Waals surface area contributed by atoms with Gasteiger partial charge >= 0.3 is 5.97 Å². The molecule has 0 radical (unpaired) electrons. The Hall–Kier alpha value is -2.00. The van der Waals surface area contributed by atoms with Crippen LogP contribution in [0.1, 0.15) is 37.0 Å². The number of hydrogen-bond donors (Lipinski definition) is 1. The number of carbonyl (C=O) groups excluding carboxylic acids is 2. The van der Waals surface area contributed by atoms with E-state index in [0.717, 1.165) is 31.6 Å². The SMILES string of the molecule is CCOC(=O)C(NC(=O)c1cccnc1)C1(SN=O)CCN(CC)CC1. The average Bonchev–Trinajstić information content (AvgIpc) is 2.67. The molecule has 142 valence electrons. The first-order valence-corrected chi connectivity index (χ1v) is 9.44. The van der Waals surface area contributed by atoms with Gasteiger partial charge in [0.15, 0.2) is 0 Å². The van der Waals surface area contributed by atoms with Crippen molar-refractivity contribution in [1.82, 2.24) is 15.2 Å². The number of amides is 1. The van der Waals surface area contributed by atoms with Crippen molar-refractivity contribution < 1.29 is 14.3 Å². The predicted octanol–water partition coefficient (Wildman–Crippen LogP) is 2.01. The fraction of sp³-hybridized carbons (Fsp3) is 0.588. The molecule has 8 nitrogen and oxygen atoms in total. The van der Waals surface area contributed by atoms with Crippen molar-refractivity contribution in [2.24, 2.45) is 4.58 Å². The number of rotatable bonds is 8. The molecule has 1 unspecified atom stereocenters. The van der Waals surface area contributed by atoms with Gasteiger partial charge in [0, 0.05) is 28.9 Å². The van der Waals surface area contributed by atoms with Crippen molar-refractivity contribution in [3.05, 3.63) is 35.0 Å². The maximum absolute atomic E-state index is 12.6. The smallest absolute Gasteiger partial charge is 0.330 e. The zero-order chi connectivity index (χ0) is 19.0. The van der Waals surface area contributed by atoms with E-state index in [2.05, 4.69) is 26.7 Å². The van der Waals surface area contributed by atoms with Gasteiger partial charge < -0.3 is 15.0 Å². The summed E-state index contributed by atoms with van der Waals surface area (Å²) in [5.41, 5.74) is 0.340. The molecule has 0 bridgehead atoms. The number of pyridine rings is 1. The molecule has 0 spiro atoms. The summed E-state index contributed by atoms with van der Waals surface area (Å²) in [7, 11) is 0. The van der Waals surface area contributed by atoms with Gasteiger partial charge in [-0.15, -0.1) is 4.91 Å². The molecule has 1 fully saturated rings. The molecule has 1 aromatic rings. The van der Waals surface area contributed by atoms with Crippen LogP contribution in [0, 0.1) is 4.91 Å². The van der Waals surface area contributed by atoms with E-state index in [9.17, 15) is 14.5 Å². The number of likely N-dealkylation sites (tertiary alicyclic amines) is 1. The van der Waals surface area contributed by atoms with Crippen molar-refractivity contribution in [1.29, 1.82) is 0 Å². The van der Waals surface area contributed by atoms with Crippen LogP contribution in [-0.2, 0) is 9.53 Å². The van der Waals surface area contributed by atoms with Gasteiger partial charge in [0.05, 0.1) is 16.9 Å². The lowest BCUT2D eigenvalue weighted by atomic mass is 9.87. The van der Waals surface area contributed by atoms with Crippen LogP contribution in [0.4, 0.5) is 0 Å². The van der Waals surface area contributed by atoms with Crippen LogP contribution in [0.3, 0.4) is 0 Å². The van der Waals surface area contributed by atoms with E-state index < -0.39 is 22.7 Å². The molecule has 0 saturated carbocycles. The van der Waals surface area contributed by atoms with Gasteiger partial charge in [-0.2, -0.15) is 0 Å². The van der Waals surface area contributed by atoms with E-state index in [1.807, 2.05) is 0 Å². The summed E-state index contributed by atoms with van der Waals surface area (Å²) in [6, 6.07) is 2.30. The molecular formula is C17H24N4O4S. The summed E-state index contributed by atoms with van der Waals surface area (Å²) in [6.45, 7) is 6.28. The average molecular weight is 380 g/mol. The molecule has 0 aliphatic carbocycles. The highest BCUT2D eigenvalue weighted by Gasteiger charge is 2.48. The molecule has 1 saturated heterocycles. The molecule has 1 amide bonds. The van der Waals surface area contributed by atoms with Gasteiger partial charge in [-0.05, 0) is 51.5 Å². The van der Waals surface area contributed by atoms with Crippen LogP contribution < -0.4 is 5.32 Å². The Labute approximate surface area is 157 Å². The summed E-state index contributed by atoms with van der Waals surface area (Å²) in [5, 5.41) is 2.75. The topological polar surface area (TPSA) is 101 Å². The van der Waals surface area contributed by atoms with Crippen molar-refractivity contribution in [2.75, 3.05) is 26.2 Å². The highest BCUT2D eigenvalue weighted by Crippen LogP contribution is 2.40. The Kier molecular flexibility index (Phi) is 7.52. The van der Waals surface area contributed by atoms with E-state index in [4.69, 9.17) is 4.74 Å². The number of carbonyl (C=O) groups is 2. The third-order valence-electron chi connectivity index (χ3n) is 4.62. The summed E-state index contributed by atoms with van der Waals surface area (Å²) in [5.74, 6) is -0.981. The third kappa shape index (κ3) is 4.79. The zero-order valence-electron chi connectivity index (χ0n) is 15.0. The number of nitrogens with one attached hydrogen (secondary N) is 1. The highest BCUT2D eigenvalue weighted by molar-refractivity contribution is 7.99. The first-order chi connectivity index (χ1) is 12.6. The second kappa shape index (κ2) is 9.63. The molecule has 1 aliphatic rings. The lowest BCUT2D eigenvalue weighted by molar-refractivity contribution is -0.146. The van der Waals surface area contributed by atoms with Crippen molar-refractivity contribution in [3.8, 4) is 0 Å². The molecule has 1 atom stereocenters. The standard InChI is InChI=1S/C17H24N4O4S/c1-3-21-10-7-17(8-11-21,26-20-24)14(16(23)25-4-2)19-15(22)13-6-5-9-18-12-13/h5-6,9,12,14H,3-4,7-8,10-11H2,1-2H3,(H,19,22). The molecule has 9 heteroatoms. The van der Waals surface area contributed by atoms with E-state index in [1.165, 1.54) is 6.20 Å². The second-order valence-corrected chi connectivity index (χ2v) is 7.21. The minimum atomic E-state index is -0.961. The molecule has 0 aromatic carbocycles. The zero-order valence-corrected chi connectivity index (χ0v) is 15.8. The molecule has 1 N–H and O–H groups in total. The van der Waals surface area contributed by atoms with Crippen LogP contribution in [0.15, 0.2) is 29.1 Å². The first-order valence-electron chi connectivity index (χ1n) is 8.67. The lowest BCUT2D eigenvalue weighted by Gasteiger charge is -2.42. The first kappa shape index (κ1) is 20.3. The highest BCUT2D eigenvalue weighted by atomic mass is 32.2. The monoisotopic (exact) mass is 380 g/mol. The van der Waals surface area contributed by atoms with Gasteiger partial charge in [-0.1, -0.05) is 6.92 Å².